The number of carbonyl (C=O) groups is 1. The van der Waals surface area contributed by atoms with Crippen molar-refractivity contribution in [1.29, 1.82) is 0 Å². The highest BCUT2D eigenvalue weighted by atomic mass is 35.5. The average molecular weight is 372 g/mol. The van der Waals surface area contributed by atoms with E-state index in [2.05, 4.69) is 30.9 Å². The summed E-state index contributed by atoms with van der Waals surface area (Å²) in [6.45, 7) is 7.44. The number of nitrogens with zero attached hydrogens (tertiary/aromatic N) is 1. The third-order valence-corrected chi connectivity index (χ3v) is 5.64. The van der Waals surface area contributed by atoms with E-state index >= 15 is 0 Å². The van der Waals surface area contributed by atoms with Gasteiger partial charge < -0.3 is 9.53 Å². The van der Waals surface area contributed by atoms with Gasteiger partial charge in [0, 0.05) is 11.6 Å². The van der Waals surface area contributed by atoms with Crippen LogP contribution in [0.25, 0.3) is 0 Å². The van der Waals surface area contributed by atoms with Crippen LogP contribution in [0, 0.1) is 13.8 Å². The van der Waals surface area contributed by atoms with Crippen molar-refractivity contribution in [2.24, 2.45) is 0 Å². The third-order valence-electron chi connectivity index (χ3n) is 5.41. The lowest BCUT2D eigenvalue weighted by Crippen LogP contribution is -2.45. The number of carbonyl (C=O) groups excluding carboxylic acids is 1. The van der Waals surface area contributed by atoms with Crippen molar-refractivity contribution in [3.63, 3.8) is 0 Å². The second kappa shape index (κ2) is 8.24. The van der Waals surface area contributed by atoms with Crippen LogP contribution in [0.5, 0.6) is 5.75 Å². The largest absolute Gasteiger partial charge is 0.492 e. The molecule has 4 heteroatoms. The second-order valence-corrected chi connectivity index (χ2v) is 7.67. The van der Waals surface area contributed by atoms with Crippen molar-refractivity contribution < 1.29 is 9.53 Å². The molecular weight excluding hydrogens is 346 g/mol. The van der Waals surface area contributed by atoms with Crippen molar-refractivity contribution in [3.05, 3.63) is 64.2 Å². The number of piperidine rings is 1. The Balaban J connectivity index is 1.56. The van der Waals surface area contributed by atoms with Crippen LogP contribution in [-0.4, -0.2) is 37.4 Å². The van der Waals surface area contributed by atoms with Gasteiger partial charge in [0.15, 0.2) is 0 Å². The lowest BCUT2D eigenvalue weighted by Gasteiger charge is -2.39. The molecule has 0 amide bonds. The van der Waals surface area contributed by atoms with Crippen LogP contribution in [0.3, 0.4) is 0 Å². The van der Waals surface area contributed by atoms with Crippen LogP contribution in [-0.2, 0) is 10.2 Å². The fourth-order valence-corrected chi connectivity index (χ4v) is 3.86. The molecule has 1 aliphatic rings. The van der Waals surface area contributed by atoms with E-state index in [9.17, 15) is 4.79 Å². The summed E-state index contributed by atoms with van der Waals surface area (Å²) in [5, 5.41) is 0.695. The minimum atomic E-state index is -0.413. The zero-order valence-corrected chi connectivity index (χ0v) is 16.3. The summed E-state index contributed by atoms with van der Waals surface area (Å²) in [6.07, 6.45) is 2.77. The Kier molecular flexibility index (Phi) is 6.00. The lowest BCUT2D eigenvalue weighted by molar-refractivity contribution is -0.114. The molecule has 0 aromatic heterocycles. The monoisotopic (exact) mass is 371 g/mol. The summed E-state index contributed by atoms with van der Waals surface area (Å²) in [5.74, 6) is 0.907. The molecule has 1 saturated heterocycles. The van der Waals surface area contributed by atoms with E-state index in [1.807, 2.05) is 30.3 Å². The van der Waals surface area contributed by atoms with E-state index in [0.717, 1.165) is 55.6 Å². The predicted molar refractivity (Wildman–Crippen MR) is 106 cm³/mol. The first-order chi connectivity index (χ1) is 12.5. The second-order valence-electron chi connectivity index (χ2n) is 7.24. The molecule has 0 bridgehead atoms. The molecule has 138 valence electrons. The number of benzene rings is 2. The number of hydrogen-bond acceptors (Lipinski definition) is 3. The van der Waals surface area contributed by atoms with Gasteiger partial charge in [-0.15, -0.1) is 0 Å². The normalized spacial score (nSPS) is 17.0. The SMILES string of the molecule is Cc1ccc(OCCN2CCC(C=O)(c3cc(Cl)ccc3C)CC2)cc1. The van der Waals surface area contributed by atoms with Gasteiger partial charge >= 0.3 is 0 Å². The Hall–Kier alpha value is -1.84. The number of aldehydes is 1. The molecule has 0 saturated carbocycles. The van der Waals surface area contributed by atoms with E-state index in [1.54, 1.807) is 0 Å². The highest BCUT2D eigenvalue weighted by Gasteiger charge is 2.37. The van der Waals surface area contributed by atoms with Crippen molar-refractivity contribution >= 4 is 17.9 Å². The summed E-state index contributed by atoms with van der Waals surface area (Å²) in [4.78, 5) is 14.4. The molecule has 2 aromatic rings. The van der Waals surface area contributed by atoms with Crippen molar-refractivity contribution in [3.8, 4) is 5.75 Å². The van der Waals surface area contributed by atoms with Gasteiger partial charge in [-0.1, -0.05) is 35.4 Å². The first kappa shape index (κ1) is 18.9. The molecular formula is C22H26ClNO2. The maximum atomic E-state index is 12.0. The minimum Gasteiger partial charge on any atom is -0.492 e. The summed E-state index contributed by atoms with van der Waals surface area (Å²) in [7, 11) is 0. The van der Waals surface area contributed by atoms with Crippen LogP contribution in [0.1, 0.15) is 29.5 Å². The Morgan fingerprint density at radius 2 is 1.81 bits per heavy atom. The predicted octanol–water partition coefficient (Wildman–Crippen LogP) is 4.57. The molecule has 3 rings (SSSR count). The van der Waals surface area contributed by atoms with Crippen molar-refractivity contribution in [1.82, 2.24) is 4.90 Å². The zero-order valence-electron chi connectivity index (χ0n) is 15.5. The molecule has 0 N–H and O–H groups in total. The molecule has 0 radical (unpaired) electrons. The smallest absolute Gasteiger partial charge is 0.130 e. The number of hydrogen-bond donors (Lipinski definition) is 0. The maximum absolute atomic E-state index is 12.0. The Morgan fingerprint density at radius 3 is 2.46 bits per heavy atom. The first-order valence-corrected chi connectivity index (χ1v) is 9.55. The van der Waals surface area contributed by atoms with Gasteiger partial charge in [0.1, 0.15) is 18.6 Å². The van der Waals surface area contributed by atoms with Crippen LogP contribution in [0.15, 0.2) is 42.5 Å². The molecule has 26 heavy (non-hydrogen) atoms. The molecule has 0 spiro atoms. The topological polar surface area (TPSA) is 29.5 Å². The van der Waals surface area contributed by atoms with Crippen molar-refractivity contribution in [2.75, 3.05) is 26.2 Å². The van der Waals surface area contributed by atoms with Crippen LogP contribution in [0.4, 0.5) is 0 Å². The van der Waals surface area contributed by atoms with Crippen LogP contribution >= 0.6 is 11.6 Å². The van der Waals surface area contributed by atoms with Crippen molar-refractivity contribution in [2.45, 2.75) is 32.1 Å². The van der Waals surface area contributed by atoms with Gasteiger partial charge in [-0.05, 0) is 75.2 Å². The first-order valence-electron chi connectivity index (χ1n) is 9.17. The standard InChI is InChI=1S/C22H26ClNO2/c1-17-3-7-20(8-4-17)26-14-13-24-11-9-22(16-25,10-12-24)21-15-19(23)6-5-18(21)2/h3-8,15-16H,9-14H2,1-2H3. The van der Waals surface area contributed by atoms with E-state index in [0.29, 0.717) is 11.6 Å². The zero-order chi connectivity index (χ0) is 18.6. The summed E-state index contributed by atoms with van der Waals surface area (Å²) < 4.78 is 5.83. The molecule has 2 aromatic carbocycles. The molecule has 0 aliphatic carbocycles. The number of likely N-dealkylation sites (tertiary alicyclic amines) is 1. The maximum Gasteiger partial charge on any atom is 0.130 e. The van der Waals surface area contributed by atoms with E-state index < -0.39 is 5.41 Å². The fourth-order valence-electron chi connectivity index (χ4n) is 3.68. The van der Waals surface area contributed by atoms with E-state index in [1.165, 1.54) is 5.56 Å². The van der Waals surface area contributed by atoms with Gasteiger partial charge in [-0.3, -0.25) is 4.90 Å². The number of halogens is 1. The van der Waals surface area contributed by atoms with Gasteiger partial charge in [0.2, 0.25) is 0 Å². The summed E-state index contributed by atoms with van der Waals surface area (Å²) in [5.41, 5.74) is 3.03. The highest BCUT2D eigenvalue weighted by molar-refractivity contribution is 6.30. The molecule has 0 unspecified atom stereocenters. The lowest BCUT2D eigenvalue weighted by atomic mass is 9.72. The van der Waals surface area contributed by atoms with Crippen LogP contribution in [0.2, 0.25) is 5.02 Å². The average Bonchev–Trinajstić information content (AvgIpc) is 2.66. The molecule has 1 heterocycles. The quantitative estimate of drug-likeness (QED) is 0.697. The molecule has 0 atom stereocenters. The molecule has 1 fully saturated rings. The van der Waals surface area contributed by atoms with Gasteiger partial charge in [-0.25, -0.2) is 0 Å². The van der Waals surface area contributed by atoms with E-state index in [4.69, 9.17) is 16.3 Å². The number of ether oxygens (including phenoxy) is 1. The molecule has 1 aliphatic heterocycles. The highest BCUT2D eigenvalue weighted by Crippen LogP contribution is 2.36. The summed E-state index contributed by atoms with van der Waals surface area (Å²) in [6, 6.07) is 14.0. The van der Waals surface area contributed by atoms with E-state index in [-0.39, 0.29) is 0 Å². The Morgan fingerprint density at radius 1 is 1.12 bits per heavy atom. The van der Waals surface area contributed by atoms with Crippen LogP contribution < -0.4 is 4.74 Å². The summed E-state index contributed by atoms with van der Waals surface area (Å²) >= 11 is 6.18. The van der Waals surface area contributed by atoms with Gasteiger partial charge in [0.25, 0.3) is 0 Å². The molecule has 3 nitrogen and oxygen atoms in total. The van der Waals surface area contributed by atoms with Gasteiger partial charge in [0.05, 0.1) is 5.41 Å². The Labute approximate surface area is 160 Å². The number of aryl methyl sites for hydroxylation is 2. The van der Waals surface area contributed by atoms with Gasteiger partial charge in [-0.2, -0.15) is 0 Å². The third kappa shape index (κ3) is 4.28. The Bertz CT molecular complexity index is 749. The fraction of sp³-hybridized carbons (Fsp3) is 0.409. The minimum absolute atomic E-state index is 0.413. The number of rotatable bonds is 6.